The zero-order chi connectivity index (χ0) is 18.5. The summed E-state index contributed by atoms with van der Waals surface area (Å²) in [4.78, 5) is 12.0. The quantitative estimate of drug-likeness (QED) is 0.428. The van der Waals surface area contributed by atoms with Crippen LogP contribution in [0.1, 0.15) is 21.8 Å². The number of ketones is 1. The lowest BCUT2D eigenvalue weighted by Crippen LogP contribution is -2.02. The van der Waals surface area contributed by atoms with Gasteiger partial charge in [0.1, 0.15) is 11.6 Å². The summed E-state index contributed by atoms with van der Waals surface area (Å²) >= 11 is 7.09. The van der Waals surface area contributed by atoms with Gasteiger partial charge < -0.3 is 9.15 Å². The fourth-order valence-corrected chi connectivity index (χ4v) is 2.85. The van der Waals surface area contributed by atoms with E-state index in [0.29, 0.717) is 22.2 Å². The molecule has 26 heavy (non-hydrogen) atoms. The van der Waals surface area contributed by atoms with Crippen molar-refractivity contribution in [1.82, 2.24) is 10.2 Å². The molecule has 134 valence electrons. The van der Waals surface area contributed by atoms with Gasteiger partial charge in [0.25, 0.3) is 11.1 Å². The van der Waals surface area contributed by atoms with Crippen molar-refractivity contribution < 1.29 is 18.3 Å². The SMILES string of the molecule is Cc1cc(OCc2nnc(SCC(=O)c3ccc(F)cc3)o2)ccc1Cl. The van der Waals surface area contributed by atoms with Crippen LogP contribution in [0.2, 0.25) is 5.02 Å². The minimum atomic E-state index is -0.383. The molecule has 2 aromatic carbocycles. The van der Waals surface area contributed by atoms with Crippen LogP contribution in [0.3, 0.4) is 0 Å². The number of nitrogens with zero attached hydrogens (tertiary/aromatic N) is 2. The Hall–Kier alpha value is -2.38. The van der Waals surface area contributed by atoms with Crippen LogP contribution >= 0.6 is 23.4 Å². The maximum atomic E-state index is 12.9. The number of hydrogen-bond donors (Lipinski definition) is 0. The number of halogens is 2. The van der Waals surface area contributed by atoms with Crippen molar-refractivity contribution in [3.05, 3.63) is 70.3 Å². The van der Waals surface area contributed by atoms with Crippen molar-refractivity contribution in [2.75, 3.05) is 5.75 Å². The first-order valence-electron chi connectivity index (χ1n) is 7.64. The van der Waals surface area contributed by atoms with Crippen LogP contribution in [0.4, 0.5) is 4.39 Å². The third-order valence-electron chi connectivity index (χ3n) is 3.43. The molecule has 0 saturated carbocycles. The highest BCUT2D eigenvalue weighted by Crippen LogP contribution is 2.22. The van der Waals surface area contributed by atoms with Crippen molar-refractivity contribution in [3.8, 4) is 5.75 Å². The molecule has 0 aliphatic rings. The summed E-state index contributed by atoms with van der Waals surface area (Å²) in [5.41, 5.74) is 1.34. The lowest BCUT2D eigenvalue weighted by Gasteiger charge is -2.05. The molecular weight excluding hydrogens is 379 g/mol. The van der Waals surface area contributed by atoms with E-state index in [0.717, 1.165) is 17.3 Å². The number of rotatable bonds is 7. The van der Waals surface area contributed by atoms with Gasteiger partial charge in [-0.2, -0.15) is 0 Å². The first-order chi connectivity index (χ1) is 12.5. The summed E-state index contributed by atoms with van der Waals surface area (Å²) in [6.07, 6.45) is 0. The van der Waals surface area contributed by atoms with E-state index in [2.05, 4.69) is 10.2 Å². The van der Waals surface area contributed by atoms with Gasteiger partial charge >= 0.3 is 0 Å². The number of benzene rings is 2. The normalized spacial score (nSPS) is 10.7. The van der Waals surface area contributed by atoms with Crippen LogP contribution < -0.4 is 4.74 Å². The fraction of sp³-hybridized carbons (Fsp3) is 0.167. The third kappa shape index (κ3) is 4.83. The molecule has 0 N–H and O–H groups in total. The lowest BCUT2D eigenvalue weighted by atomic mass is 10.1. The van der Waals surface area contributed by atoms with Gasteiger partial charge in [-0.15, -0.1) is 10.2 Å². The average molecular weight is 393 g/mol. The molecule has 0 spiro atoms. The zero-order valence-electron chi connectivity index (χ0n) is 13.7. The van der Waals surface area contributed by atoms with E-state index in [4.69, 9.17) is 20.8 Å². The Balaban J connectivity index is 1.52. The predicted molar refractivity (Wildman–Crippen MR) is 96.3 cm³/mol. The van der Waals surface area contributed by atoms with Gasteiger partial charge in [-0.1, -0.05) is 23.4 Å². The molecule has 8 heteroatoms. The second kappa shape index (κ2) is 8.33. The molecule has 1 aromatic heterocycles. The highest BCUT2D eigenvalue weighted by atomic mass is 35.5. The largest absolute Gasteiger partial charge is 0.484 e. The topological polar surface area (TPSA) is 65.2 Å². The third-order valence-corrected chi connectivity index (χ3v) is 4.68. The minimum Gasteiger partial charge on any atom is -0.484 e. The molecular formula is C18H14ClFN2O3S. The number of carbonyl (C=O) groups is 1. The summed E-state index contributed by atoms with van der Waals surface area (Å²) in [5.74, 6) is 0.527. The second-order valence-electron chi connectivity index (χ2n) is 5.38. The molecule has 0 atom stereocenters. The molecule has 0 aliphatic heterocycles. The van der Waals surface area contributed by atoms with Gasteiger partial charge in [0.15, 0.2) is 12.4 Å². The molecule has 0 radical (unpaired) electrons. The fourth-order valence-electron chi connectivity index (χ4n) is 2.05. The van der Waals surface area contributed by atoms with Crippen LogP contribution in [0.5, 0.6) is 5.75 Å². The summed E-state index contributed by atoms with van der Waals surface area (Å²) < 4.78 is 23.9. The molecule has 3 rings (SSSR count). The first kappa shape index (κ1) is 18.4. The maximum Gasteiger partial charge on any atom is 0.277 e. The number of carbonyl (C=O) groups excluding carboxylic acids is 1. The van der Waals surface area contributed by atoms with Gasteiger partial charge in [-0.25, -0.2) is 4.39 Å². The van der Waals surface area contributed by atoms with Crippen LogP contribution in [-0.4, -0.2) is 21.7 Å². The molecule has 0 unspecified atom stereocenters. The van der Waals surface area contributed by atoms with E-state index >= 15 is 0 Å². The van der Waals surface area contributed by atoms with Crippen LogP contribution in [0.25, 0.3) is 0 Å². The molecule has 0 amide bonds. The summed E-state index contributed by atoms with van der Waals surface area (Å²) in [6.45, 7) is 2.00. The molecule has 0 saturated heterocycles. The maximum absolute atomic E-state index is 12.9. The Labute approximate surface area is 158 Å². The summed E-state index contributed by atoms with van der Waals surface area (Å²) in [5, 5.41) is 8.69. The number of thioether (sulfide) groups is 1. The lowest BCUT2D eigenvalue weighted by molar-refractivity contribution is 0.102. The van der Waals surface area contributed by atoms with Gasteiger partial charge in [0.05, 0.1) is 5.75 Å². The Bertz CT molecular complexity index is 915. The second-order valence-corrected chi connectivity index (χ2v) is 6.71. The van der Waals surface area contributed by atoms with E-state index < -0.39 is 0 Å². The van der Waals surface area contributed by atoms with Crippen LogP contribution in [-0.2, 0) is 6.61 Å². The summed E-state index contributed by atoms with van der Waals surface area (Å²) in [6, 6.07) is 10.7. The van der Waals surface area contributed by atoms with Gasteiger partial charge in [-0.05, 0) is 55.0 Å². The molecule has 1 heterocycles. The number of aromatic nitrogens is 2. The van der Waals surface area contributed by atoms with E-state index in [1.165, 1.54) is 24.3 Å². The Morgan fingerprint density at radius 1 is 1.23 bits per heavy atom. The number of ether oxygens (including phenoxy) is 1. The molecule has 3 aromatic rings. The highest BCUT2D eigenvalue weighted by molar-refractivity contribution is 7.99. The van der Waals surface area contributed by atoms with Crippen LogP contribution in [0.15, 0.2) is 52.1 Å². The number of aryl methyl sites for hydroxylation is 1. The monoisotopic (exact) mass is 392 g/mol. The van der Waals surface area contributed by atoms with Crippen molar-refractivity contribution in [1.29, 1.82) is 0 Å². The van der Waals surface area contributed by atoms with Crippen molar-refractivity contribution in [2.45, 2.75) is 18.8 Å². The van der Waals surface area contributed by atoms with E-state index in [1.807, 2.05) is 13.0 Å². The Kier molecular flexibility index (Phi) is 5.90. The standard InChI is InChI=1S/C18H14ClFN2O3S/c1-11-8-14(6-7-15(11)19)24-9-17-21-22-18(25-17)26-10-16(23)12-2-4-13(20)5-3-12/h2-8H,9-10H2,1H3. The average Bonchev–Trinajstić information content (AvgIpc) is 3.09. The van der Waals surface area contributed by atoms with Crippen LogP contribution in [0, 0.1) is 12.7 Å². The van der Waals surface area contributed by atoms with Crippen molar-refractivity contribution >= 4 is 29.1 Å². The number of Topliss-reactive ketones (excluding diaryl/α,β-unsaturated/α-hetero) is 1. The van der Waals surface area contributed by atoms with Gasteiger partial charge in [0, 0.05) is 10.6 Å². The molecule has 0 fully saturated rings. The summed E-state index contributed by atoms with van der Waals surface area (Å²) in [7, 11) is 0. The zero-order valence-corrected chi connectivity index (χ0v) is 15.3. The van der Waals surface area contributed by atoms with Crippen molar-refractivity contribution in [3.63, 3.8) is 0 Å². The molecule has 0 bridgehead atoms. The van der Waals surface area contributed by atoms with Crippen molar-refractivity contribution in [2.24, 2.45) is 0 Å². The molecule has 5 nitrogen and oxygen atoms in total. The smallest absolute Gasteiger partial charge is 0.277 e. The van der Waals surface area contributed by atoms with E-state index in [9.17, 15) is 9.18 Å². The minimum absolute atomic E-state index is 0.112. The predicted octanol–water partition coefficient (Wildman–Crippen LogP) is 4.72. The van der Waals surface area contributed by atoms with E-state index in [1.54, 1.807) is 12.1 Å². The van der Waals surface area contributed by atoms with Gasteiger partial charge in [-0.3, -0.25) is 4.79 Å². The Morgan fingerprint density at radius 2 is 2.00 bits per heavy atom. The first-order valence-corrected chi connectivity index (χ1v) is 9.00. The highest BCUT2D eigenvalue weighted by Gasteiger charge is 2.12. The van der Waals surface area contributed by atoms with Gasteiger partial charge in [0.2, 0.25) is 0 Å². The molecule has 0 aliphatic carbocycles. The Morgan fingerprint density at radius 3 is 2.73 bits per heavy atom. The number of hydrogen-bond acceptors (Lipinski definition) is 6. The van der Waals surface area contributed by atoms with E-state index in [-0.39, 0.29) is 29.2 Å².